The van der Waals surface area contributed by atoms with E-state index in [0.717, 1.165) is 22.3 Å². The zero-order chi connectivity index (χ0) is 17.2. The summed E-state index contributed by atoms with van der Waals surface area (Å²) in [6.07, 6.45) is 0. The Bertz CT molecular complexity index is 1050. The van der Waals surface area contributed by atoms with E-state index < -0.39 is 0 Å². The van der Waals surface area contributed by atoms with Crippen LogP contribution in [0.15, 0.2) is 72.8 Å². The second-order valence-electron chi connectivity index (χ2n) is 5.66. The van der Waals surface area contributed by atoms with Crippen LogP contribution in [0.25, 0.3) is 33.5 Å². The first-order valence-electron chi connectivity index (χ1n) is 7.96. The van der Waals surface area contributed by atoms with E-state index in [0.29, 0.717) is 17.0 Å². The normalized spacial score (nSPS) is 10.8. The summed E-state index contributed by atoms with van der Waals surface area (Å²) in [5, 5.41) is 10.4. The molecular weight excluding hydrogens is 312 g/mol. The van der Waals surface area contributed by atoms with Gasteiger partial charge in [0.1, 0.15) is 17.2 Å². The minimum atomic E-state index is 0.141. The van der Waals surface area contributed by atoms with Crippen molar-refractivity contribution in [3.8, 4) is 34.0 Å². The Morgan fingerprint density at radius 1 is 0.760 bits per heavy atom. The number of phenolic OH excluding ortho intramolecular Hbond substituents is 1. The maximum absolute atomic E-state index is 10.4. The number of ether oxygens (including phenoxy) is 1. The lowest BCUT2D eigenvalue weighted by Gasteiger charge is -2.12. The standard InChI is InChI=1S/C21H16N2O2/c1-25-15-11-12-19(24)16(13-15)21-20(14-7-3-2-4-8-14)22-17-9-5-6-10-18(17)23-21/h2-13,24H,1H3. The third-order valence-electron chi connectivity index (χ3n) is 4.08. The Morgan fingerprint density at radius 2 is 1.40 bits per heavy atom. The number of rotatable bonds is 3. The van der Waals surface area contributed by atoms with Crippen molar-refractivity contribution in [3.05, 3.63) is 72.8 Å². The predicted octanol–water partition coefficient (Wildman–Crippen LogP) is 4.68. The molecule has 0 spiro atoms. The van der Waals surface area contributed by atoms with Gasteiger partial charge in [0.2, 0.25) is 0 Å². The molecule has 0 aliphatic rings. The van der Waals surface area contributed by atoms with Gasteiger partial charge in [-0.3, -0.25) is 0 Å². The largest absolute Gasteiger partial charge is 0.507 e. The second kappa shape index (κ2) is 6.24. The summed E-state index contributed by atoms with van der Waals surface area (Å²) < 4.78 is 5.31. The molecule has 4 nitrogen and oxygen atoms in total. The van der Waals surface area contributed by atoms with Gasteiger partial charge in [0, 0.05) is 11.1 Å². The predicted molar refractivity (Wildman–Crippen MR) is 98.6 cm³/mol. The highest BCUT2D eigenvalue weighted by Crippen LogP contribution is 2.37. The summed E-state index contributed by atoms with van der Waals surface area (Å²) in [5.41, 5.74) is 4.48. The molecule has 0 amide bonds. The Morgan fingerprint density at radius 3 is 2.08 bits per heavy atom. The van der Waals surface area contributed by atoms with Gasteiger partial charge in [-0.1, -0.05) is 42.5 Å². The summed E-state index contributed by atoms with van der Waals surface area (Å²) in [7, 11) is 1.60. The lowest BCUT2D eigenvalue weighted by molar-refractivity contribution is 0.412. The van der Waals surface area contributed by atoms with Crippen LogP contribution < -0.4 is 4.74 Å². The molecule has 0 aliphatic heterocycles. The van der Waals surface area contributed by atoms with E-state index in [1.165, 1.54) is 0 Å². The van der Waals surface area contributed by atoms with Crippen molar-refractivity contribution < 1.29 is 9.84 Å². The molecule has 3 aromatic carbocycles. The molecule has 0 unspecified atom stereocenters. The fraction of sp³-hybridized carbons (Fsp3) is 0.0476. The number of methoxy groups -OCH3 is 1. The average Bonchev–Trinajstić information content (AvgIpc) is 2.68. The first kappa shape index (κ1) is 15.1. The van der Waals surface area contributed by atoms with Crippen molar-refractivity contribution in [1.82, 2.24) is 9.97 Å². The second-order valence-corrected chi connectivity index (χ2v) is 5.66. The fourth-order valence-corrected chi connectivity index (χ4v) is 2.82. The maximum atomic E-state index is 10.4. The van der Waals surface area contributed by atoms with Gasteiger partial charge < -0.3 is 9.84 Å². The quantitative estimate of drug-likeness (QED) is 0.593. The maximum Gasteiger partial charge on any atom is 0.125 e. The van der Waals surface area contributed by atoms with Crippen LogP contribution in [0.1, 0.15) is 0 Å². The van der Waals surface area contributed by atoms with Crippen LogP contribution >= 0.6 is 0 Å². The molecule has 4 aromatic rings. The monoisotopic (exact) mass is 328 g/mol. The summed E-state index contributed by atoms with van der Waals surface area (Å²) in [6, 6.07) is 22.7. The molecular formula is C21H16N2O2. The molecule has 0 bridgehead atoms. The number of phenols is 1. The lowest BCUT2D eigenvalue weighted by Crippen LogP contribution is -1.96. The first-order chi connectivity index (χ1) is 12.3. The fourth-order valence-electron chi connectivity index (χ4n) is 2.82. The molecule has 0 aliphatic carbocycles. The van der Waals surface area contributed by atoms with Gasteiger partial charge in [0.25, 0.3) is 0 Å². The van der Waals surface area contributed by atoms with Crippen molar-refractivity contribution in [1.29, 1.82) is 0 Å². The summed E-state index contributed by atoms with van der Waals surface area (Å²) in [6.45, 7) is 0. The van der Waals surface area contributed by atoms with Gasteiger partial charge in [-0.05, 0) is 30.3 Å². The molecule has 0 saturated carbocycles. The Labute approximate surface area is 145 Å². The van der Waals surface area contributed by atoms with Crippen LogP contribution in [-0.2, 0) is 0 Å². The number of hydrogen-bond donors (Lipinski definition) is 1. The van der Waals surface area contributed by atoms with E-state index in [1.807, 2.05) is 54.6 Å². The third kappa shape index (κ3) is 2.78. The van der Waals surface area contributed by atoms with Crippen LogP contribution in [0.3, 0.4) is 0 Å². The van der Waals surface area contributed by atoms with Crippen LogP contribution in [-0.4, -0.2) is 22.2 Å². The van der Waals surface area contributed by atoms with Gasteiger partial charge in [0.15, 0.2) is 0 Å². The number of para-hydroxylation sites is 2. The average molecular weight is 328 g/mol. The number of hydrogen-bond acceptors (Lipinski definition) is 4. The van der Waals surface area contributed by atoms with Gasteiger partial charge in [0.05, 0.1) is 23.8 Å². The minimum Gasteiger partial charge on any atom is -0.507 e. The third-order valence-corrected chi connectivity index (χ3v) is 4.08. The van der Waals surface area contributed by atoms with Gasteiger partial charge >= 0.3 is 0 Å². The SMILES string of the molecule is COc1ccc(O)c(-c2nc3ccccc3nc2-c2ccccc2)c1. The summed E-state index contributed by atoms with van der Waals surface area (Å²) in [4.78, 5) is 9.58. The first-order valence-corrected chi connectivity index (χ1v) is 7.96. The molecule has 4 heteroatoms. The molecule has 0 radical (unpaired) electrons. The minimum absolute atomic E-state index is 0.141. The number of benzene rings is 3. The summed E-state index contributed by atoms with van der Waals surface area (Å²) in [5.74, 6) is 0.796. The lowest BCUT2D eigenvalue weighted by atomic mass is 10.0. The number of aromatic nitrogens is 2. The highest BCUT2D eigenvalue weighted by Gasteiger charge is 2.16. The van der Waals surface area contributed by atoms with Crippen molar-refractivity contribution in [2.75, 3.05) is 7.11 Å². The summed E-state index contributed by atoms with van der Waals surface area (Å²) >= 11 is 0. The van der Waals surface area contributed by atoms with Crippen molar-refractivity contribution in [2.24, 2.45) is 0 Å². The zero-order valence-electron chi connectivity index (χ0n) is 13.7. The van der Waals surface area contributed by atoms with Gasteiger partial charge in [-0.15, -0.1) is 0 Å². The van der Waals surface area contributed by atoms with Crippen LogP contribution in [0.4, 0.5) is 0 Å². The Kier molecular flexibility index (Phi) is 3.78. The van der Waals surface area contributed by atoms with Gasteiger partial charge in [-0.2, -0.15) is 0 Å². The highest BCUT2D eigenvalue weighted by molar-refractivity contribution is 5.88. The van der Waals surface area contributed by atoms with Crippen LogP contribution in [0.2, 0.25) is 0 Å². The Hall–Kier alpha value is -3.40. The highest BCUT2D eigenvalue weighted by atomic mass is 16.5. The molecule has 0 fully saturated rings. The van der Waals surface area contributed by atoms with Crippen LogP contribution in [0, 0.1) is 0 Å². The van der Waals surface area contributed by atoms with Crippen molar-refractivity contribution in [2.45, 2.75) is 0 Å². The van der Waals surface area contributed by atoms with Crippen molar-refractivity contribution >= 4 is 11.0 Å². The molecule has 25 heavy (non-hydrogen) atoms. The number of nitrogens with zero attached hydrogens (tertiary/aromatic N) is 2. The van der Waals surface area contributed by atoms with E-state index >= 15 is 0 Å². The van der Waals surface area contributed by atoms with Gasteiger partial charge in [-0.25, -0.2) is 9.97 Å². The van der Waals surface area contributed by atoms with E-state index in [9.17, 15) is 5.11 Å². The molecule has 0 saturated heterocycles. The van der Waals surface area contributed by atoms with Crippen LogP contribution in [0.5, 0.6) is 11.5 Å². The zero-order valence-corrected chi connectivity index (χ0v) is 13.7. The van der Waals surface area contributed by atoms with Crippen molar-refractivity contribution in [3.63, 3.8) is 0 Å². The van der Waals surface area contributed by atoms with E-state index in [1.54, 1.807) is 25.3 Å². The number of fused-ring (bicyclic) bond motifs is 1. The molecule has 1 aromatic heterocycles. The molecule has 0 atom stereocenters. The molecule has 4 rings (SSSR count). The number of aromatic hydroxyl groups is 1. The van der Waals surface area contributed by atoms with E-state index in [2.05, 4.69) is 0 Å². The molecule has 1 N–H and O–H groups in total. The van der Waals surface area contributed by atoms with E-state index in [4.69, 9.17) is 14.7 Å². The smallest absolute Gasteiger partial charge is 0.125 e. The topological polar surface area (TPSA) is 55.2 Å². The Balaban J connectivity index is 2.05. The molecule has 122 valence electrons. The van der Waals surface area contributed by atoms with E-state index in [-0.39, 0.29) is 5.75 Å². The molecule has 1 heterocycles.